The molecule has 0 radical (unpaired) electrons. The summed E-state index contributed by atoms with van der Waals surface area (Å²) in [6.45, 7) is 0.461. The number of furan rings is 1. The summed E-state index contributed by atoms with van der Waals surface area (Å²) in [6.07, 6.45) is 6.67. The second-order valence-corrected chi connectivity index (χ2v) is 4.51. The van der Waals surface area contributed by atoms with Crippen molar-refractivity contribution in [1.82, 2.24) is 10.8 Å². The van der Waals surface area contributed by atoms with Crippen LogP contribution in [0.25, 0.3) is 6.08 Å². The highest BCUT2D eigenvalue weighted by molar-refractivity contribution is 5.93. The zero-order valence-corrected chi connectivity index (χ0v) is 11.5. The Balaban J connectivity index is 1.60. The van der Waals surface area contributed by atoms with Crippen molar-refractivity contribution in [3.63, 3.8) is 0 Å². The molecule has 0 aromatic carbocycles. The molecular weight excluding hydrogens is 276 g/mol. The second-order valence-electron chi connectivity index (χ2n) is 4.51. The SMILES string of the molecule is O=C(/C=C/c1ccco1)NCC(=O)NOC1CCCCO1. The standard InChI is InChI=1S/C14H18N2O5/c17-12(7-6-11-4-3-9-19-11)15-10-13(18)16-21-14-5-1-2-8-20-14/h3-4,6-7,9,14H,1-2,5,8,10H2,(H,15,17)(H,16,18)/b7-6+. The Morgan fingerprint density at radius 2 is 2.33 bits per heavy atom. The third-order valence-corrected chi connectivity index (χ3v) is 2.81. The Labute approximate surface area is 122 Å². The van der Waals surface area contributed by atoms with E-state index in [1.54, 1.807) is 12.1 Å². The Kier molecular flexibility index (Phi) is 5.99. The van der Waals surface area contributed by atoms with Gasteiger partial charge in [0.05, 0.1) is 12.8 Å². The molecule has 2 amide bonds. The lowest BCUT2D eigenvalue weighted by Gasteiger charge is -2.22. The summed E-state index contributed by atoms with van der Waals surface area (Å²) in [5.74, 6) is -0.272. The summed E-state index contributed by atoms with van der Waals surface area (Å²) in [5, 5.41) is 2.43. The summed E-state index contributed by atoms with van der Waals surface area (Å²) >= 11 is 0. The molecule has 1 fully saturated rings. The van der Waals surface area contributed by atoms with Crippen molar-refractivity contribution in [3.8, 4) is 0 Å². The van der Waals surface area contributed by atoms with E-state index >= 15 is 0 Å². The summed E-state index contributed by atoms with van der Waals surface area (Å²) in [6, 6.07) is 3.43. The Hall–Kier alpha value is -2.12. The Morgan fingerprint density at radius 1 is 1.43 bits per heavy atom. The van der Waals surface area contributed by atoms with Gasteiger partial charge in [-0.2, -0.15) is 0 Å². The molecule has 21 heavy (non-hydrogen) atoms. The van der Waals surface area contributed by atoms with Crippen LogP contribution in [0.5, 0.6) is 0 Å². The van der Waals surface area contributed by atoms with Gasteiger partial charge in [0.25, 0.3) is 5.91 Å². The van der Waals surface area contributed by atoms with E-state index in [-0.39, 0.29) is 6.54 Å². The number of amides is 2. The molecule has 1 aromatic heterocycles. The van der Waals surface area contributed by atoms with Gasteiger partial charge in [-0.25, -0.2) is 10.3 Å². The van der Waals surface area contributed by atoms with Gasteiger partial charge in [-0.05, 0) is 31.1 Å². The number of hydroxylamine groups is 1. The summed E-state index contributed by atoms with van der Waals surface area (Å²) in [5.41, 5.74) is 2.26. The van der Waals surface area contributed by atoms with Crippen molar-refractivity contribution in [3.05, 3.63) is 30.2 Å². The summed E-state index contributed by atoms with van der Waals surface area (Å²) in [4.78, 5) is 28.0. The quantitative estimate of drug-likeness (QED) is 0.603. The zero-order chi connectivity index (χ0) is 14.9. The highest BCUT2D eigenvalue weighted by Crippen LogP contribution is 2.12. The highest BCUT2D eigenvalue weighted by Gasteiger charge is 2.15. The van der Waals surface area contributed by atoms with Gasteiger partial charge in [0.2, 0.25) is 5.91 Å². The van der Waals surface area contributed by atoms with Crippen LogP contribution < -0.4 is 10.8 Å². The lowest BCUT2D eigenvalue weighted by Crippen LogP contribution is -2.39. The van der Waals surface area contributed by atoms with Crippen molar-refractivity contribution in [1.29, 1.82) is 0 Å². The minimum Gasteiger partial charge on any atom is -0.465 e. The Bertz CT molecular complexity index is 478. The average molecular weight is 294 g/mol. The Morgan fingerprint density at radius 3 is 3.05 bits per heavy atom. The molecule has 1 aromatic rings. The maximum atomic E-state index is 11.5. The largest absolute Gasteiger partial charge is 0.465 e. The van der Waals surface area contributed by atoms with E-state index in [0.29, 0.717) is 12.4 Å². The van der Waals surface area contributed by atoms with Crippen molar-refractivity contribution < 1.29 is 23.6 Å². The van der Waals surface area contributed by atoms with Gasteiger partial charge in [0.15, 0.2) is 6.29 Å². The number of rotatable bonds is 6. The van der Waals surface area contributed by atoms with E-state index in [1.165, 1.54) is 18.4 Å². The van der Waals surface area contributed by atoms with Gasteiger partial charge < -0.3 is 14.5 Å². The van der Waals surface area contributed by atoms with E-state index in [0.717, 1.165) is 19.3 Å². The van der Waals surface area contributed by atoms with E-state index < -0.39 is 18.1 Å². The zero-order valence-electron chi connectivity index (χ0n) is 11.5. The lowest BCUT2D eigenvalue weighted by molar-refractivity contribution is -0.200. The fourth-order valence-electron chi connectivity index (χ4n) is 1.74. The first kappa shape index (κ1) is 15.3. The van der Waals surface area contributed by atoms with Crippen molar-refractivity contribution in [2.75, 3.05) is 13.2 Å². The number of ether oxygens (including phenoxy) is 1. The molecule has 7 nitrogen and oxygen atoms in total. The lowest BCUT2D eigenvalue weighted by atomic mass is 10.2. The molecule has 0 aliphatic carbocycles. The van der Waals surface area contributed by atoms with Crippen molar-refractivity contribution >= 4 is 17.9 Å². The summed E-state index contributed by atoms with van der Waals surface area (Å²) < 4.78 is 10.3. The smallest absolute Gasteiger partial charge is 0.263 e. The first-order chi connectivity index (χ1) is 10.2. The molecule has 0 bridgehead atoms. The third kappa shape index (κ3) is 5.80. The molecule has 2 heterocycles. The van der Waals surface area contributed by atoms with Crippen LogP contribution >= 0.6 is 0 Å². The molecule has 1 aliphatic heterocycles. The van der Waals surface area contributed by atoms with Gasteiger partial charge in [-0.15, -0.1) is 0 Å². The van der Waals surface area contributed by atoms with E-state index in [9.17, 15) is 9.59 Å². The average Bonchev–Trinajstić information content (AvgIpc) is 3.03. The van der Waals surface area contributed by atoms with Crippen molar-refractivity contribution in [2.45, 2.75) is 25.6 Å². The minimum atomic E-state index is -0.441. The van der Waals surface area contributed by atoms with Crippen LogP contribution in [-0.2, 0) is 19.2 Å². The molecule has 2 rings (SSSR count). The molecule has 7 heteroatoms. The molecule has 0 saturated carbocycles. The van der Waals surface area contributed by atoms with Gasteiger partial charge in [-0.1, -0.05) is 0 Å². The van der Waals surface area contributed by atoms with Crippen LogP contribution in [0.3, 0.4) is 0 Å². The number of hydrogen-bond acceptors (Lipinski definition) is 5. The van der Waals surface area contributed by atoms with Gasteiger partial charge in [0.1, 0.15) is 5.76 Å². The number of nitrogens with one attached hydrogen (secondary N) is 2. The van der Waals surface area contributed by atoms with Crippen LogP contribution in [0.4, 0.5) is 0 Å². The molecule has 1 atom stereocenters. The van der Waals surface area contributed by atoms with E-state index in [1.807, 2.05) is 0 Å². The molecule has 114 valence electrons. The van der Waals surface area contributed by atoms with Crippen LogP contribution in [0.15, 0.2) is 28.9 Å². The molecule has 1 aliphatic rings. The molecular formula is C14H18N2O5. The fraction of sp³-hybridized carbons (Fsp3) is 0.429. The topological polar surface area (TPSA) is 89.8 Å². The maximum Gasteiger partial charge on any atom is 0.263 e. The van der Waals surface area contributed by atoms with Gasteiger partial charge in [0, 0.05) is 19.1 Å². The van der Waals surface area contributed by atoms with E-state index in [4.69, 9.17) is 14.0 Å². The van der Waals surface area contributed by atoms with Crippen molar-refractivity contribution in [2.24, 2.45) is 0 Å². The number of carbonyl (C=O) groups excluding carboxylic acids is 2. The van der Waals surface area contributed by atoms with E-state index in [2.05, 4.69) is 10.8 Å². The van der Waals surface area contributed by atoms with Gasteiger partial charge >= 0.3 is 0 Å². The number of carbonyl (C=O) groups is 2. The number of hydrogen-bond donors (Lipinski definition) is 2. The van der Waals surface area contributed by atoms with Crippen LogP contribution in [-0.4, -0.2) is 31.3 Å². The normalized spacial score (nSPS) is 18.6. The first-order valence-electron chi connectivity index (χ1n) is 6.79. The first-order valence-corrected chi connectivity index (χ1v) is 6.79. The highest BCUT2D eigenvalue weighted by atomic mass is 16.8. The summed E-state index contributed by atoms with van der Waals surface area (Å²) in [7, 11) is 0. The fourth-order valence-corrected chi connectivity index (χ4v) is 1.74. The molecule has 0 spiro atoms. The maximum absolute atomic E-state index is 11.5. The second kappa shape index (κ2) is 8.23. The minimum absolute atomic E-state index is 0.173. The predicted molar refractivity (Wildman–Crippen MR) is 73.6 cm³/mol. The monoisotopic (exact) mass is 294 g/mol. The molecule has 2 N–H and O–H groups in total. The van der Waals surface area contributed by atoms with Crippen LogP contribution in [0, 0.1) is 0 Å². The predicted octanol–water partition coefficient (Wildman–Crippen LogP) is 0.983. The van der Waals surface area contributed by atoms with Crippen LogP contribution in [0.1, 0.15) is 25.0 Å². The van der Waals surface area contributed by atoms with Crippen LogP contribution in [0.2, 0.25) is 0 Å². The third-order valence-electron chi connectivity index (χ3n) is 2.81. The van der Waals surface area contributed by atoms with Gasteiger partial charge in [-0.3, -0.25) is 9.59 Å². The molecule has 1 saturated heterocycles. The molecule has 1 unspecified atom stereocenters.